The van der Waals surface area contributed by atoms with Gasteiger partial charge in [0.2, 0.25) is 11.8 Å². The highest BCUT2D eigenvalue weighted by atomic mass is 16.2. The minimum atomic E-state index is -1.01. The Morgan fingerprint density at radius 1 is 1.39 bits per heavy atom. The van der Waals surface area contributed by atoms with Crippen LogP contribution in [0, 0.1) is 16.7 Å². The fourth-order valence-corrected chi connectivity index (χ4v) is 1.22. The van der Waals surface area contributed by atoms with Crippen LogP contribution < -0.4 is 10.6 Å². The highest BCUT2D eigenvalue weighted by Crippen LogP contribution is 2.19. The Morgan fingerprint density at radius 2 is 2.00 bits per heavy atom. The molecule has 0 saturated heterocycles. The fraction of sp³-hybridized carbons (Fsp3) is 0.769. The SMILES string of the molecule is CCC(C)NC(=O)CCNC(=O)C(C)(C#N)CC. The van der Waals surface area contributed by atoms with Crippen molar-refractivity contribution in [2.24, 2.45) is 5.41 Å². The van der Waals surface area contributed by atoms with Gasteiger partial charge in [0.05, 0.1) is 6.07 Å². The normalized spacial score (nSPS) is 15.1. The highest BCUT2D eigenvalue weighted by Gasteiger charge is 2.30. The van der Waals surface area contributed by atoms with Gasteiger partial charge in [-0.2, -0.15) is 5.26 Å². The molecule has 0 bridgehead atoms. The van der Waals surface area contributed by atoms with Crippen molar-refractivity contribution in [3.63, 3.8) is 0 Å². The van der Waals surface area contributed by atoms with Gasteiger partial charge in [-0.05, 0) is 26.7 Å². The smallest absolute Gasteiger partial charge is 0.240 e. The van der Waals surface area contributed by atoms with Gasteiger partial charge < -0.3 is 10.6 Å². The third-order valence-electron chi connectivity index (χ3n) is 3.11. The first-order valence-electron chi connectivity index (χ1n) is 6.38. The lowest BCUT2D eigenvalue weighted by molar-refractivity contribution is -0.127. The molecule has 0 aromatic heterocycles. The molecule has 0 spiro atoms. The fourth-order valence-electron chi connectivity index (χ4n) is 1.22. The molecule has 0 fully saturated rings. The van der Waals surface area contributed by atoms with Crippen LogP contribution in [-0.4, -0.2) is 24.4 Å². The van der Waals surface area contributed by atoms with Crippen LogP contribution in [0.1, 0.15) is 47.0 Å². The van der Waals surface area contributed by atoms with Crippen molar-refractivity contribution in [3.05, 3.63) is 0 Å². The van der Waals surface area contributed by atoms with Crippen LogP contribution in [0.5, 0.6) is 0 Å². The van der Waals surface area contributed by atoms with Crippen molar-refractivity contribution in [1.82, 2.24) is 10.6 Å². The van der Waals surface area contributed by atoms with E-state index in [1.165, 1.54) is 0 Å². The third kappa shape index (κ3) is 5.17. The van der Waals surface area contributed by atoms with E-state index in [-0.39, 0.29) is 30.8 Å². The zero-order chi connectivity index (χ0) is 14.2. The first-order valence-corrected chi connectivity index (χ1v) is 6.38. The van der Waals surface area contributed by atoms with Crippen LogP contribution in [0.2, 0.25) is 0 Å². The molecule has 0 heterocycles. The van der Waals surface area contributed by atoms with Crippen molar-refractivity contribution < 1.29 is 9.59 Å². The average molecular weight is 253 g/mol. The average Bonchev–Trinajstić information content (AvgIpc) is 2.37. The summed E-state index contributed by atoms with van der Waals surface area (Å²) in [6.07, 6.45) is 1.57. The summed E-state index contributed by atoms with van der Waals surface area (Å²) in [6, 6.07) is 2.14. The molecule has 0 aliphatic carbocycles. The summed E-state index contributed by atoms with van der Waals surface area (Å²) < 4.78 is 0. The Bertz CT molecular complexity index is 336. The Kier molecular flexibility index (Phi) is 7.03. The molecule has 5 nitrogen and oxygen atoms in total. The molecule has 0 saturated carbocycles. The Labute approximate surface area is 109 Å². The largest absolute Gasteiger partial charge is 0.354 e. The number of carbonyl (C=O) groups excluding carboxylic acids is 2. The first-order chi connectivity index (χ1) is 8.39. The third-order valence-corrected chi connectivity index (χ3v) is 3.11. The summed E-state index contributed by atoms with van der Waals surface area (Å²) in [6.45, 7) is 7.57. The number of carbonyl (C=O) groups is 2. The second kappa shape index (κ2) is 7.70. The van der Waals surface area contributed by atoms with Crippen molar-refractivity contribution in [3.8, 4) is 6.07 Å². The highest BCUT2D eigenvalue weighted by molar-refractivity contribution is 5.85. The van der Waals surface area contributed by atoms with E-state index in [2.05, 4.69) is 10.6 Å². The van der Waals surface area contributed by atoms with E-state index in [1.54, 1.807) is 13.8 Å². The lowest BCUT2D eigenvalue weighted by Gasteiger charge is -2.18. The molecule has 5 heteroatoms. The Morgan fingerprint density at radius 3 is 2.44 bits per heavy atom. The van der Waals surface area contributed by atoms with E-state index in [9.17, 15) is 9.59 Å². The van der Waals surface area contributed by atoms with Crippen molar-refractivity contribution in [2.45, 2.75) is 53.0 Å². The van der Waals surface area contributed by atoms with Gasteiger partial charge in [0.1, 0.15) is 5.41 Å². The van der Waals surface area contributed by atoms with E-state index in [0.717, 1.165) is 6.42 Å². The van der Waals surface area contributed by atoms with Gasteiger partial charge in [-0.1, -0.05) is 13.8 Å². The van der Waals surface area contributed by atoms with Crippen molar-refractivity contribution in [2.75, 3.05) is 6.54 Å². The van der Waals surface area contributed by atoms with E-state index < -0.39 is 5.41 Å². The van der Waals surface area contributed by atoms with Gasteiger partial charge in [0.25, 0.3) is 0 Å². The van der Waals surface area contributed by atoms with Gasteiger partial charge in [-0.3, -0.25) is 9.59 Å². The summed E-state index contributed by atoms with van der Waals surface area (Å²) in [5, 5.41) is 14.4. The van der Waals surface area contributed by atoms with Crippen LogP contribution in [0.25, 0.3) is 0 Å². The van der Waals surface area contributed by atoms with Gasteiger partial charge in [0, 0.05) is 19.0 Å². The van der Waals surface area contributed by atoms with Gasteiger partial charge in [0.15, 0.2) is 0 Å². The molecule has 2 N–H and O–H groups in total. The second-order valence-corrected chi connectivity index (χ2v) is 4.68. The zero-order valence-corrected chi connectivity index (χ0v) is 11.7. The molecular weight excluding hydrogens is 230 g/mol. The first kappa shape index (κ1) is 16.4. The lowest BCUT2D eigenvalue weighted by Crippen LogP contribution is -2.40. The van der Waals surface area contributed by atoms with Crippen molar-refractivity contribution >= 4 is 11.8 Å². The quantitative estimate of drug-likeness (QED) is 0.718. The number of nitrogens with zero attached hydrogens (tertiary/aromatic N) is 1. The molecule has 18 heavy (non-hydrogen) atoms. The summed E-state index contributed by atoms with van der Waals surface area (Å²) in [4.78, 5) is 23.2. The van der Waals surface area contributed by atoms with E-state index in [0.29, 0.717) is 6.42 Å². The zero-order valence-electron chi connectivity index (χ0n) is 11.7. The number of hydrogen-bond donors (Lipinski definition) is 2. The molecule has 0 radical (unpaired) electrons. The lowest BCUT2D eigenvalue weighted by atomic mass is 9.88. The van der Waals surface area contributed by atoms with Crippen molar-refractivity contribution in [1.29, 1.82) is 5.26 Å². The van der Waals surface area contributed by atoms with Crippen LogP contribution in [-0.2, 0) is 9.59 Å². The minimum Gasteiger partial charge on any atom is -0.354 e. The maximum atomic E-state index is 11.7. The summed E-state index contributed by atoms with van der Waals surface area (Å²) >= 11 is 0. The topological polar surface area (TPSA) is 82.0 Å². The molecule has 2 atom stereocenters. The van der Waals surface area contributed by atoms with E-state index >= 15 is 0 Å². The summed E-state index contributed by atoms with van der Waals surface area (Å²) in [7, 11) is 0. The van der Waals surface area contributed by atoms with Crippen LogP contribution in [0.4, 0.5) is 0 Å². The van der Waals surface area contributed by atoms with Gasteiger partial charge >= 0.3 is 0 Å². The van der Waals surface area contributed by atoms with E-state index in [4.69, 9.17) is 5.26 Å². The number of nitriles is 1. The molecule has 0 aromatic carbocycles. The molecule has 102 valence electrons. The van der Waals surface area contributed by atoms with E-state index in [1.807, 2.05) is 19.9 Å². The molecule has 2 unspecified atom stereocenters. The standard InChI is InChI=1S/C13H23N3O2/c1-5-10(3)16-11(17)7-8-15-12(18)13(4,6-2)9-14/h10H,5-8H2,1-4H3,(H,15,18)(H,16,17). The second-order valence-electron chi connectivity index (χ2n) is 4.68. The predicted octanol–water partition coefficient (Wildman–Crippen LogP) is 1.35. The Hall–Kier alpha value is -1.57. The van der Waals surface area contributed by atoms with Crippen LogP contribution in [0.15, 0.2) is 0 Å². The molecule has 2 amide bonds. The molecule has 0 aliphatic heterocycles. The van der Waals surface area contributed by atoms with Crippen LogP contribution >= 0.6 is 0 Å². The summed E-state index contributed by atoms with van der Waals surface area (Å²) in [5.74, 6) is -0.399. The molecular formula is C13H23N3O2. The van der Waals surface area contributed by atoms with Crippen LogP contribution in [0.3, 0.4) is 0 Å². The maximum Gasteiger partial charge on any atom is 0.240 e. The number of hydrogen-bond acceptors (Lipinski definition) is 3. The number of amides is 2. The summed E-state index contributed by atoms with van der Waals surface area (Å²) in [5.41, 5.74) is -1.01. The van der Waals surface area contributed by atoms with Gasteiger partial charge in [-0.15, -0.1) is 0 Å². The molecule has 0 aromatic rings. The number of nitrogens with one attached hydrogen (secondary N) is 2. The number of rotatable bonds is 7. The minimum absolute atomic E-state index is 0.0835. The predicted molar refractivity (Wildman–Crippen MR) is 69.5 cm³/mol. The molecule has 0 aliphatic rings. The van der Waals surface area contributed by atoms with Gasteiger partial charge in [-0.25, -0.2) is 0 Å². The molecule has 0 rings (SSSR count). The maximum absolute atomic E-state index is 11.7. The monoisotopic (exact) mass is 253 g/mol. The Balaban J connectivity index is 4.03.